The number of anilines is 1. The van der Waals surface area contributed by atoms with E-state index in [0.29, 0.717) is 18.8 Å². The lowest BCUT2D eigenvalue weighted by Crippen LogP contribution is -2.49. The second kappa shape index (κ2) is 7.91. The van der Waals surface area contributed by atoms with Crippen LogP contribution in [0.2, 0.25) is 0 Å². The first kappa shape index (κ1) is 18.8. The van der Waals surface area contributed by atoms with E-state index in [-0.39, 0.29) is 5.91 Å². The van der Waals surface area contributed by atoms with Crippen molar-refractivity contribution in [1.29, 1.82) is 0 Å². The van der Waals surface area contributed by atoms with Gasteiger partial charge in [-0.05, 0) is 24.6 Å². The SMILES string of the molecule is Cc1cc2nnc(SCC(=O)N3CCN(c4cnccn4)CC3)n2c2ccccc12. The minimum atomic E-state index is 0.118. The molecule has 0 unspecified atom stereocenters. The summed E-state index contributed by atoms with van der Waals surface area (Å²) in [6.07, 6.45) is 5.12. The van der Waals surface area contributed by atoms with Crippen LogP contribution in [0, 0.1) is 6.92 Å². The molecule has 5 rings (SSSR count). The molecule has 0 saturated carbocycles. The highest BCUT2D eigenvalue weighted by molar-refractivity contribution is 7.99. The van der Waals surface area contributed by atoms with E-state index in [4.69, 9.17) is 0 Å². The van der Waals surface area contributed by atoms with Crippen molar-refractivity contribution < 1.29 is 4.79 Å². The number of amides is 1. The molecule has 8 nitrogen and oxygen atoms in total. The highest BCUT2D eigenvalue weighted by Crippen LogP contribution is 2.26. The first-order valence-electron chi connectivity index (χ1n) is 9.86. The van der Waals surface area contributed by atoms with E-state index in [2.05, 4.69) is 44.1 Å². The van der Waals surface area contributed by atoms with Gasteiger partial charge in [0, 0.05) is 44.0 Å². The van der Waals surface area contributed by atoms with Gasteiger partial charge in [-0.15, -0.1) is 10.2 Å². The highest BCUT2D eigenvalue weighted by Gasteiger charge is 2.22. The molecule has 1 saturated heterocycles. The van der Waals surface area contributed by atoms with Crippen LogP contribution in [-0.2, 0) is 4.79 Å². The standard InChI is InChI=1S/C21H21N7OS/c1-15-12-18-24-25-21(28(18)17-5-3-2-4-16(15)17)30-14-20(29)27-10-8-26(9-11-27)19-13-22-6-7-23-19/h2-7,12-13H,8-11,14H2,1H3. The van der Waals surface area contributed by atoms with Gasteiger partial charge in [0.25, 0.3) is 0 Å². The first-order valence-corrected chi connectivity index (χ1v) is 10.8. The van der Waals surface area contributed by atoms with Crippen LogP contribution in [0.4, 0.5) is 5.82 Å². The Bertz CT molecular complexity index is 1200. The molecule has 30 heavy (non-hydrogen) atoms. The van der Waals surface area contributed by atoms with E-state index in [0.717, 1.165) is 40.6 Å². The van der Waals surface area contributed by atoms with Gasteiger partial charge in [0.15, 0.2) is 10.8 Å². The molecule has 9 heteroatoms. The third-order valence-corrected chi connectivity index (χ3v) is 6.32. The summed E-state index contributed by atoms with van der Waals surface area (Å²) in [5.41, 5.74) is 3.03. The lowest BCUT2D eigenvalue weighted by Gasteiger charge is -2.35. The average Bonchev–Trinajstić information content (AvgIpc) is 3.21. The fraction of sp³-hybridized carbons (Fsp3) is 0.286. The Labute approximate surface area is 177 Å². The molecule has 1 aliphatic rings. The van der Waals surface area contributed by atoms with Gasteiger partial charge in [-0.25, -0.2) is 4.98 Å². The summed E-state index contributed by atoms with van der Waals surface area (Å²) in [6.45, 7) is 4.95. The van der Waals surface area contributed by atoms with E-state index in [1.54, 1.807) is 18.6 Å². The predicted molar refractivity (Wildman–Crippen MR) is 117 cm³/mol. The van der Waals surface area contributed by atoms with Gasteiger partial charge in [0.1, 0.15) is 5.82 Å². The van der Waals surface area contributed by atoms with E-state index < -0.39 is 0 Å². The zero-order valence-corrected chi connectivity index (χ0v) is 17.4. The van der Waals surface area contributed by atoms with Crippen LogP contribution in [0.1, 0.15) is 5.56 Å². The van der Waals surface area contributed by atoms with Crippen LogP contribution in [0.3, 0.4) is 0 Å². The lowest BCUT2D eigenvalue weighted by atomic mass is 10.1. The number of carbonyl (C=O) groups is 1. The second-order valence-electron chi connectivity index (χ2n) is 7.24. The van der Waals surface area contributed by atoms with Crippen LogP contribution in [0.25, 0.3) is 16.6 Å². The zero-order valence-electron chi connectivity index (χ0n) is 16.6. The number of pyridine rings is 1. The molecule has 1 aromatic carbocycles. The van der Waals surface area contributed by atoms with Crippen molar-refractivity contribution in [1.82, 2.24) is 29.5 Å². The number of thioether (sulfide) groups is 1. The van der Waals surface area contributed by atoms with Gasteiger partial charge in [-0.1, -0.05) is 30.0 Å². The summed E-state index contributed by atoms with van der Waals surface area (Å²) in [6, 6.07) is 10.2. The van der Waals surface area contributed by atoms with Gasteiger partial charge >= 0.3 is 0 Å². The minimum Gasteiger partial charge on any atom is -0.352 e. The van der Waals surface area contributed by atoms with Crippen molar-refractivity contribution in [3.05, 3.63) is 54.5 Å². The third-order valence-electron chi connectivity index (χ3n) is 5.40. The summed E-state index contributed by atoms with van der Waals surface area (Å²) in [4.78, 5) is 25.3. The van der Waals surface area contributed by atoms with Crippen LogP contribution >= 0.6 is 11.8 Å². The van der Waals surface area contributed by atoms with Gasteiger partial charge in [-0.2, -0.15) is 0 Å². The number of benzene rings is 1. The Morgan fingerprint density at radius 1 is 1.10 bits per heavy atom. The molecule has 1 fully saturated rings. The van der Waals surface area contributed by atoms with E-state index in [9.17, 15) is 4.79 Å². The predicted octanol–water partition coefficient (Wildman–Crippen LogP) is 2.42. The lowest BCUT2D eigenvalue weighted by molar-refractivity contribution is -0.128. The van der Waals surface area contributed by atoms with Crippen molar-refractivity contribution in [2.75, 3.05) is 36.8 Å². The molecule has 1 amide bonds. The summed E-state index contributed by atoms with van der Waals surface area (Å²) >= 11 is 1.44. The maximum absolute atomic E-state index is 12.8. The van der Waals surface area contributed by atoms with Gasteiger partial charge in [-0.3, -0.25) is 14.2 Å². The summed E-state index contributed by atoms with van der Waals surface area (Å²) < 4.78 is 2.03. The molecule has 0 N–H and O–H groups in total. The Hall–Kier alpha value is -3.20. The molecule has 4 aromatic rings. The molecule has 0 radical (unpaired) electrons. The molecule has 152 valence electrons. The zero-order chi connectivity index (χ0) is 20.5. The van der Waals surface area contributed by atoms with Crippen molar-refractivity contribution in [2.45, 2.75) is 12.1 Å². The Morgan fingerprint density at radius 3 is 2.73 bits per heavy atom. The smallest absolute Gasteiger partial charge is 0.233 e. The molecule has 1 aliphatic heterocycles. The molecule has 0 bridgehead atoms. The number of hydrogen-bond acceptors (Lipinski definition) is 7. The minimum absolute atomic E-state index is 0.118. The molecule has 0 spiro atoms. The number of fused-ring (bicyclic) bond motifs is 3. The van der Waals surface area contributed by atoms with Crippen molar-refractivity contribution in [3.8, 4) is 0 Å². The van der Waals surface area contributed by atoms with Crippen molar-refractivity contribution >= 4 is 40.0 Å². The maximum Gasteiger partial charge on any atom is 0.233 e. The van der Waals surface area contributed by atoms with Crippen LogP contribution in [0.5, 0.6) is 0 Å². The maximum atomic E-state index is 12.8. The first-order chi connectivity index (χ1) is 14.7. The van der Waals surface area contributed by atoms with Crippen LogP contribution in [0.15, 0.2) is 54.1 Å². The van der Waals surface area contributed by atoms with Gasteiger partial charge in [0.05, 0.1) is 17.5 Å². The van der Waals surface area contributed by atoms with Crippen molar-refractivity contribution in [2.24, 2.45) is 0 Å². The van der Waals surface area contributed by atoms with Crippen molar-refractivity contribution in [3.63, 3.8) is 0 Å². The summed E-state index contributed by atoms with van der Waals surface area (Å²) in [7, 11) is 0. The number of piperazine rings is 1. The number of nitrogens with zero attached hydrogens (tertiary/aromatic N) is 7. The average molecular weight is 420 g/mol. The molecule has 4 heterocycles. The number of rotatable bonds is 4. The number of aryl methyl sites for hydroxylation is 1. The molecule has 0 aliphatic carbocycles. The Morgan fingerprint density at radius 2 is 1.93 bits per heavy atom. The van der Waals surface area contributed by atoms with Gasteiger partial charge < -0.3 is 9.80 Å². The number of aromatic nitrogens is 5. The third kappa shape index (κ3) is 3.45. The molecule has 0 atom stereocenters. The van der Waals surface area contributed by atoms with E-state index >= 15 is 0 Å². The largest absolute Gasteiger partial charge is 0.352 e. The highest BCUT2D eigenvalue weighted by atomic mass is 32.2. The topological polar surface area (TPSA) is 79.5 Å². The number of hydrogen-bond donors (Lipinski definition) is 0. The quantitative estimate of drug-likeness (QED) is 0.470. The monoisotopic (exact) mass is 419 g/mol. The molecular weight excluding hydrogens is 398 g/mol. The Kier molecular flexibility index (Phi) is 4.96. The molecule has 3 aromatic heterocycles. The summed E-state index contributed by atoms with van der Waals surface area (Å²) in [5, 5.41) is 10.6. The second-order valence-corrected chi connectivity index (χ2v) is 8.18. The Balaban J connectivity index is 1.27. The fourth-order valence-corrected chi connectivity index (χ4v) is 4.68. The number of carbonyl (C=O) groups excluding carboxylic acids is 1. The normalized spacial score (nSPS) is 14.6. The van der Waals surface area contributed by atoms with Crippen LogP contribution in [-0.4, -0.2) is 67.3 Å². The summed E-state index contributed by atoms with van der Waals surface area (Å²) in [5.74, 6) is 1.32. The van der Waals surface area contributed by atoms with Gasteiger partial charge in [0.2, 0.25) is 5.91 Å². The van der Waals surface area contributed by atoms with E-state index in [1.165, 1.54) is 17.3 Å². The van der Waals surface area contributed by atoms with E-state index in [1.807, 2.05) is 27.5 Å². The number of para-hydroxylation sites is 1. The van der Waals surface area contributed by atoms with Crippen LogP contribution < -0.4 is 4.90 Å². The molecular formula is C21H21N7OS. The fourth-order valence-electron chi connectivity index (χ4n) is 3.83.